The maximum Gasteiger partial charge on any atom is 0.0610 e. The molecule has 3 N–H and O–H groups in total. The molecule has 1 rings (SSSR count). The van der Waals surface area contributed by atoms with Crippen LogP contribution in [0.15, 0.2) is 18.2 Å². The van der Waals surface area contributed by atoms with Gasteiger partial charge in [-0.2, -0.15) is 0 Å². The number of hydrazine groups is 1. The minimum Gasteiger partial charge on any atom is -0.292 e. The van der Waals surface area contributed by atoms with E-state index in [0.717, 1.165) is 13.0 Å². The van der Waals surface area contributed by atoms with E-state index < -0.39 is 0 Å². The summed E-state index contributed by atoms with van der Waals surface area (Å²) in [4.78, 5) is 2.09. The summed E-state index contributed by atoms with van der Waals surface area (Å²) < 4.78 is 0. The fourth-order valence-corrected chi connectivity index (χ4v) is 1.57. The van der Waals surface area contributed by atoms with Crippen LogP contribution in [-0.2, 0) is 6.42 Å². The van der Waals surface area contributed by atoms with E-state index in [-0.39, 0.29) is 0 Å². The highest BCUT2D eigenvalue weighted by Gasteiger charge is 2.01. The van der Waals surface area contributed by atoms with Crippen molar-refractivity contribution in [2.45, 2.75) is 6.42 Å². The predicted octanol–water partition coefficient (Wildman–Crippen LogP) is 1.89. The molecule has 0 amide bonds. The van der Waals surface area contributed by atoms with E-state index in [9.17, 15) is 0 Å². The largest absolute Gasteiger partial charge is 0.292 e. The Kier molecular flexibility index (Phi) is 5.36. The highest BCUT2D eigenvalue weighted by molar-refractivity contribution is 6.42. The number of halogens is 2. The Morgan fingerprint density at radius 2 is 2.07 bits per heavy atom. The maximum atomic E-state index is 5.91. The van der Waals surface area contributed by atoms with Gasteiger partial charge in [-0.25, -0.2) is 5.43 Å². The standard InChI is InChI=1S/C10H15Cl2N3/c1-15(7-14-13)5-4-8-2-3-9(11)10(12)6-8/h2-3,6,14H,4-5,7,13H2,1H3. The van der Waals surface area contributed by atoms with Crippen LogP contribution in [0.2, 0.25) is 10.0 Å². The molecule has 0 radical (unpaired) electrons. The molecule has 0 fully saturated rings. The number of nitrogens with zero attached hydrogens (tertiary/aromatic N) is 1. The van der Waals surface area contributed by atoms with Crippen LogP contribution in [-0.4, -0.2) is 25.2 Å². The first-order chi connectivity index (χ1) is 7.13. The molecule has 0 aromatic heterocycles. The number of hydrogen-bond donors (Lipinski definition) is 2. The van der Waals surface area contributed by atoms with Gasteiger partial charge in [-0.1, -0.05) is 29.3 Å². The highest BCUT2D eigenvalue weighted by Crippen LogP contribution is 2.22. The maximum absolute atomic E-state index is 5.91. The van der Waals surface area contributed by atoms with E-state index in [4.69, 9.17) is 29.0 Å². The van der Waals surface area contributed by atoms with Gasteiger partial charge in [-0.3, -0.25) is 10.7 Å². The van der Waals surface area contributed by atoms with Crippen molar-refractivity contribution in [3.63, 3.8) is 0 Å². The first-order valence-corrected chi connectivity index (χ1v) is 5.45. The third kappa shape index (κ3) is 4.36. The predicted molar refractivity (Wildman–Crippen MR) is 65.0 cm³/mol. The second-order valence-corrected chi connectivity index (χ2v) is 4.25. The lowest BCUT2D eigenvalue weighted by Gasteiger charge is -2.15. The summed E-state index contributed by atoms with van der Waals surface area (Å²) in [7, 11) is 2.00. The van der Waals surface area contributed by atoms with Gasteiger partial charge in [-0.05, 0) is 31.2 Å². The van der Waals surface area contributed by atoms with Crippen molar-refractivity contribution in [3.05, 3.63) is 33.8 Å². The monoisotopic (exact) mass is 247 g/mol. The summed E-state index contributed by atoms with van der Waals surface area (Å²) in [6.07, 6.45) is 0.926. The zero-order chi connectivity index (χ0) is 11.3. The highest BCUT2D eigenvalue weighted by atomic mass is 35.5. The third-order valence-electron chi connectivity index (χ3n) is 2.13. The molecule has 0 aliphatic rings. The molecule has 0 heterocycles. The fourth-order valence-electron chi connectivity index (χ4n) is 1.25. The molecule has 15 heavy (non-hydrogen) atoms. The summed E-state index contributed by atoms with van der Waals surface area (Å²) in [6, 6.07) is 5.70. The van der Waals surface area contributed by atoms with Gasteiger partial charge in [0.15, 0.2) is 0 Å². The molecule has 0 saturated heterocycles. The van der Waals surface area contributed by atoms with Gasteiger partial charge in [0.05, 0.1) is 16.7 Å². The number of rotatable bonds is 5. The number of hydrogen-bond acceptors (Lipinski definition) is 3. The second kappa shape index (κ2) is 6.30. The van der Waals surface area contributed by atoms with Gasteiger partial charge in [0.25, 0.3) is 0 Å². The Labute approximate surface area is 100 Å². The van der Waals surface area contributed by atoms with Crippen LogP contribution in [0.25, 0.3) is 0 Å². The lowest BCUT2D eigenvalue weighted by atomic mass is 10.1. The van der Waals surface area contributed by atoms with Gasteiger partial charge < -0.3 is 0 Å². The first-order valence-electron chi connectivity index (χ1n) is 4.69. The van der Waals surface area contributed by atoms with Crippen LogP contribution in [0.5, 0.6) is 0 Å². The van der Waals surface area contributed by atoms with Crippen LogP contribution in [0.4, 0.5) is 0 Å². The Morgan fingerprint density at radius 1 is 1.33 bits per heavy atom. The van der Waals surface area contributed by atoms with Crippen molar-refractivity contribution in [2.75, 3.05) is 20.3 Å². The lowest BCUT2D eigenvalue weighted by molar-refractivity contribution is 0.313. The second-order valence-electron chi connectivity index (χ2n) is 3.44. The van der Waals surface area contributed by atoms with Gasteiger partial charge in [0.1, 0.15) is 0 Å². The van der Waals surface area contributed by atoms with Crippen LogP contribution < -0.4 is 11.3 Å². The number of likely N-dealkylation sites (N-methyl/N-ethyl adjacent to an activating group) is 1. The third-order valence-corrected chi connectivity index (χ3v) is 2.87. The van der Waals surface area contributed by atoms with E-state index in [1.165, 1.54) is 5.56 Å². The molecular formula is C10H15Cl2N3. The Hall–Kier alpha value is -0.320. The van der Waals surface area contributed by atoms with Gasteiger partial charge in [-0.15, -0.1) is 0 Å². The molecule has 3 nitrogen and oxygen atoms in total. The molecule has 0 aliphatic heterocycles. The molecule has 5 heteroatoms. The van der Waals surface area contributed by atoms with Crippen molar-refractivity contribution in [3.8, 4) is 0 Å². The van der Waals surface area contributed by atoms with Crippen LogP contribution in [0.1, 0.15) is 5.56 Å². The molecule has 1 aromatic rings. The zero-order valence-corrected chi connectivity index (χ0v) is 10.1. The molecule has 0 atom stereocenters. The van der Waals surface area contributed by atoms with Crippen molar-refractivity contribution in [2.24, 2.45) is 5.84 Å². The molecule has 0 saturated carbocycles. The topological polar surface area (TPSA) is 41.3 Å². The number of benzene rings is 1. The smallest absolute Gasteiger partial charge is 0.0610 e. The molecule has 1 aromatic carbocycles. The zero-order valence-electron chi connectivity index (χ0n) is 8.63. The minimum absolute atomic E-state index is 0.595. The Morgan fingerprint density at radius 3 is 2.67 bits per heavy atom. The normalized spacial score (nSPS) is 11.0. The molecule has 0 unspecified atom stereocenters. The van der Waals surface area contributed by atoms with Crippen molar-refractivity contribution in [1.29, 1.82) is 0 Å². The van der Waals surface area contributed by atoms with E-state index in [2.05, 4.69) is 10.3 Å². The van der Waals surface area contributed by atoms with Gasteiger partial charge in [0, 0.05) is 6.54 Å². The van der Waals surface area contributed by atoms with E-state index in [0.29, 0.717) is 16.7 Å². The summed E-state index contributed by atoms with van der Waals surface area (Å²) >= 11 is 11.7. The molecule has 0 aliphatic carbocycles. The molecule has 84 valence electrons. The Balaban J connectivity index is 2.47. The quantitative estimate of drug-likeness (QED) is 0.475. The van der Waals surface area contributed by atoms with Crippen molar-refractivity contribution < 1.29 is 0 Å². The van der Waals surface area contributed by atoms with E-state index in [1.54, 1.807) is 0 Å². The number of nitrogens with one attached hydrogen (secondary N) is 1. The summed E-state index contributed by atoms with van der Waals surface area (Å²) in [5, 5.41) is 1.20. The Bertz CT molecular complexity index is 318. The first kappa shape index (κ1) is 12.7. The van der Waals surface area contributed by atoms with Gasteiger partial charge in [0.2, 0.25) is 0 Å². The van der Waals surface area contributed by atoms with Crippen molar-refractivity contribution in [1.82, 2.24) is 10.3 Å². The van der Waals surface area contributed by atoms with Gasteiger partial charge >= 0.3 is 0 Å². The summed E-state index contributed by atoms with van der Waals surface area (Å²) in [5.74, 6) is 5.21. The molecule has 0 spiro atoms. The van der Waals surface area contributed by atoms with E-state index in [1.807, 2.05) is 25.2 Å². The fraction of sp³-hybridized carbons (Fsp3) is 0.400. The number of nitrogens with two attached hydrogens (primary N) is 1. The lowest BCUT2D eigenvalue weighted by Crippen LogP contribution is -2.36. The molecular weight excluding hydrogens is 233 g/mol. The average Bonchev–Trinajstić information content (AvgIpc) is 2.20. The summed E-state index contributed by atoms with van der Waals surface area (Å²) in [6.45, 7) is 1.59. The SMILES string of the molecule is CN(CCc1ccc(Cl)c(Cl)c1)CNN. The van der Waals surface area contributed by atoms with E-state index >= 15 is 0 Å². The molecule has 0 bridgehead atoms. The minimum atomic E-state index is 0.595. The van der Waals surface area contributed by atoms with Crippen LogP contribution >= 0.6 is 23.2 Å². The average molecular weight is 248 g/mol. The summed E-state index contributed by atoms with van der Waals surface area (Å²) in [5.41, 5.74) is 3.78. The van der Waals surface area contributed by atoms with Crippen molar-refractivity contribution >= 4 is 23.2 Å². The van der Waals surface area contributed by atoms with Crippen LogP contribution in [0.3, 0.4) is 0 Å². The van der Waals surface area contributed by atoms with Crippen LogP contribution in [0, 0.1) is 0 Å².